The summed E-state index contributed by atoms with van der Waals surface area (Å²) in [5, 5.41) is 27.4. The number of aromatic nitrogens is 4. The molecule has 3 N–H and O–H groups in total. The largest absolute Gasteiger partial charge is 0.367 e. The molecule has 10 heteroatoms. The Morgan fingerprint density at radius 3 is 2.71 bits per heavy atom. The first-order valence-corrected chi connectivity index (χ1v) is 11.6. The molecule has 10 nitrogen and oxygen atoms in total. The molecule has 0 saturated carbocycles. The molecule has 1 amide bonds. The zero-order chi connectivity index (χ0) is 23.5. The molecule has 5 heterocycles. The monoisotopic (exact) mass is 457 g/mol. The van der Waals surface area contributed by atoms with E-state index >= 15 is 0 Å². The van der Waals surface area contributed by atoms with Crippen molar-refractivity contribution in [2.45, 2.75) is 50.2 Å². The summed E-state index contributed by atoms with van der Waals surface area (Å²) >= 11 is 0. The number of carbonyl (C=O) groups excluding carboxylic acids is 1. The van der Waals surface area contributed by atoms with Crippen LogP contribution in [0, 0.1) is 11.3 Å². The molecule has 1 unspecified atom stereocenters. The predicted molar refractivity (Wildman–Crippen MR) is 129 cm³/mol. The van der Waals surface area contributed by atoms with Crippen LogP contribution < -0.4 is 16.0 Å². The van der Waals surface area contributed by atoms with E-state index in [4.69, 9.17) is 10.2 Å². The van der Waals surface area contributed by atoms with Crippen molar-refractivity contribution in [2.24, 2.45) is 0 Å². The van der Waals surface area contributed by atoms with Crippen molar-refractivity contribution in [1.82, 2.24) is 30.4 Å². The van der Waals surface area contributed by atoms with Gasteiger partial charge in [0.25, 0.3) is 5.91 Å². The first-order valence-electron chi connectivity index (χ1n) is 11.6. The molecule has 2 bridgehead atoms. The SMILES string of the molecule is CNC(=O)c1ccc(Nc2cc3ncccc3c(NC3C[C@H]4CC[C@@H](C3)N4CCC#N)n2)nn1. The minimum Gasteiger partial charge on any atom is -0.367 e. The summed E-state index contributed by atoms with van der Waals surface area (Å²) in [7, 11) is 1.55. The Kier molecular flexibility index (Phi) is 6.18. The van der Waals surface area contributed by atoms with Gasteiger partial charge in [-0.25, -0.2) is 4.98 Å². The van der Waals surface area contributed by atoms with E-state index in [2.05, 4.69) is 42.1 Å². The lowest BCUT2D eigenvalue weighted by molar-refractivity contribution is 0.0957. The standard InChI is InChI=1S/C24H27N9O/c1-26-24(34)19-7-8-21(32-31-19)29-22-14-20-18(4-2-10-27-20)23(30-22)28-15-12-16-5-6-17(13-15)33(16)11-3-9-25/h2,4,7-8,10,14-17H,3,5-6,11-13H2,1H3,(H,26,34)(H2,28,29,30,32)/t15?,16-,17+. The molecule has 5 rings (SSSR count). The Balaban J connectivity index is 1.36. The summed E-state index contributed by atoms with van der Waals surface area (Å²) in [6, 6.07) is 12.8. The van der Waals surface area contributed by atoms with Crippen LogP contribution in [-0.4, -0.2) is 62.7 Å². The van der Waals surface area contributed by atoms with Gasteiger partial charge in [0.2, 0.25) is 0 Å². The molecular formula is C24H27N9O. The molecule has 3 aromatic heterocycles. The maximum atomic E-state index is 11.7. The minimum atomic E-state index is -0.286. The Labute approximate surface area is 197 Å². The van der Waals surface area contributed by atoms with Crippen molar-refractivity contribution in [2.75, 3.05) is 24.2 Å². The Morgan fingerprint density at radius 1 is 1.18 bits per heavy atom. The van der Waals surface area contributed by atoms with E-state index in [1.165, 1.54) is 12.8 Å². The number of amides is 1. The molecule has 34 heavy (non-hydrogen) atoms. The third kappa shape index (κ3) is 4.47. The highest BCUT2D eigenvalue weighted by molar-refractivity contribution is 5.92. The number of nitriles is 1. The molecule has 0 aliphatic carbocycles. The summed E-state index contributed by atoms with van der Waals surface area (Å²) in [6.07, 6.45) is 6.81. The number of nitrogens with zero attached hydrogens (tertiary/aromatic N) is 6. The lowest BCUT2D eigenvalue weighted by Gasteiger charge is -2.39. The first-order chi connectivity index (χ1) is 16.6. The molecule has 2 aliphatic heterocycles. The molecule has 0 radical (unpaired) electrons. The first kappa shape index (κ1) is 22.0. The van der Waals surface area contributed by atoms with Crippen molar-refractivity contribution in [1.29, 1.82) is 5.26 Å². The van der Waals surface area contributed by atoms with Crippen molar-refractivity contribution < 1.29 is 4.79 Å². The number of pyridine rings is 2. The van der Waals surface area contributed by atoms with Gasteiger partial charge < -0.3 is 16.0 Å². The van der Waals surface area contributed by atoms with E-state index in [1.54, 1.807) is 25.4 Å². The molecule has 0 spiro atoms. The smallest absolute Gasteiger partial charge is 0.271 e. The van der Waals surface area contributed by atoms with Gasteiger partial charge in [0, 0.05) is 55.8 Å². The summed E-state index contributed by atoms with van der Waals surface area (Å²) in [6.45, 7) is 0.864. The van der Waals surface area contributed by atoms with E-state index < -0.39 is 0 Å². The summed E-state index contributed by atoms with van der Waals surface area (Å²) in [4.78, 5) is 23.6. The fraction of sp³-hybridized carbons (Fsp3) is 0.417. The highest BCUT2D eigenvalue weighted by Crippen LogP contribution is 2.37. The van der Waals surface area contributed by atoms with Crippen molar-refractivity contribution in [3.8, 4) is 6.07 Å². The zero-order valence-electron chi connectivity index (χ0n) is 19.0. The highest BCUT2D eigenvalue weighted by Gasteiger charge is 2.40. The highest BCUT2D eigenvalue weighted by atomic mass is 16.1. The van der Waals surface area contributed by atoms with Gasteiger partial charge in [-0.05, 0) is 49.9 Å². The van der Waals surface area contributed by atoms with Crippen molar-refractivity contribution >= 4 is 34.3 Å². The maximum absolute atomic E-state index is 11.7. The van der Waals surface area contributed by atoms with Gasteiger partial charge in [0.1, 0.15) is 11.6 Å². The van der Waals surface area contributed by atoms with Crippen LogP contribution in [0.25, 0.3) is 10.9 Å². The number of carbonyl (C=O) groups is 1. The molecule has 3 atom stereocenters. The normalized spacial score (nSPS) is 21.7. The predicted octanol–water partition coefficient (Wildman–Crippen LogP) is 2.84. The third-order valence-electron chi connectivity index (χ3n) is 6.69. The van der Waals surface area contributed by atoms with Gasteiger partial charge in [-0.2, -0.15) is 5.26 Å². The number of hydrogen-bond donors (Lipinski definition) is 3. The minimum absolute atomic E-state index is 0.249. The molecule has 3 aromatic rings. The fourth-order valence-electron chi connectivity index (χ4n) is 5.16. The molecule has 174 valence electrons. The second-order valence-corrected chi connectivity index (χ2v) is 8.78. The third-order valence-corrected chi connectivity index (χ3v) is 6.69. The van der Waals surface area contributed by atoms with Crippen LogP contribution in [0.5, 0.6) is 0 Å². The average molecular weight is 458 g/mol. The number of piperidine rings is 1. The van der Waals surface area contributed by atoms with E-state index in [-0.39, 0.29) is 11.6 Å². The van der Waals surface area contributed by atoms with Crippen molar-refractivity contribution in [3.63, 3.8) is 0 Å². The van der Waals surface area contributed by atoms with Gasteiger partial charge in [-0.15, -0.1) is 10.2 Å². The quantitative estimate of drug-likeness (QED) is 0.490. The fourth-order valence-corrected chi connectivity index (χ4v) is 5.16. The Bertz CT molecular complexity index is 1210. The van der Waals surface area contributed by atoms with E-state index in [0.29, 0.717) is 36.2 Å². The summed E-state index contributed by atoms with van der Waals surface area (Å²) in [5.41, 5.74) is 1.08. The zero-order valence-corrected chi connectivity index (χ0v) is 19.0. The number of fused-ring (bicyclic) bond motifs is 3. The number of anilines is 3. The Morgan fingerprint density at radius 2 is 2.00 bits per heavy atom. The van der Waals surface area contributed by atoms with Crippen LogP contribution in [0.1, 0.15) is 42.6 Å². The number of hydrogen-bond acceptors (Lipinski definition) is 9. The second-order valence-electron chi connectivity index (χ2n) is 8.78. The van der Waals surface area contributed by atoms with E-state index in [9.17, 15) is 4.79 Å². The van der Waals surface area contributed by atoms with Gasteiger partial charge in [0.05, 0.1) is 11.6 Å². The van der Waals surface area contributed by atoms with Crippen LogP contribution in [0.15, 0.2) is 36.5 Å². The van der Waals surface area contributed by atoms with Gasteiger partial charge in [-0.1, -0.05) is 0 Å². The van der Waals surface area contributed by atoms with Crippen LogP contribution in [0.2, 0.25) is 0 Å². The summed E-state index contributed by atoms with van der Waals surface area (Å²) < 4.78 is 0. The number of rotatable bonds is 7. The second kappa shape index (κ2) is 9.57. The number of nitrogens with one attached hydrogen (secondary N) is 3. The molecule has 0 aromatic carbocycles. The average Bonchev–Trinajstić information content (AvgIpc) is 3.10. The van der Waals surface area contributed by atoms with Gasteiger partial charge >= 0.3 is 0 Å². The molecule has 2 saturated heterocycles. The summed E-state index contributed by atoms with van der Waals surface area (Å²) in [5.74, 6) is 1.60. The van der Waals surface area contributed by atoms with Crippen molar-refractivity contribution in [3.05, 3.63) is 42.2 Å². The lowest BCUT2D eigenvalue weighted by Crippen LogP contribution is -2.47. The molecular weight excluding hydrogens is 430 g/mol. The van der Waals surface area contributed by atoms with E-state index in [1.807, 2.05) is 18.2 Å². The van der Waals surface area contributed by atoms with Crippen LogP contribution in [-0.2, 0) is 0 Å². The van der Waals surface area contributed by atoms with Crippen LogP contribution >= 0.6 is 0 Å². The van der Waals surface area contributed by atoms with Gasteiger partial charge in [0.15, 0.2) is 11.5 Å². The van der Waals surface area contributed by atoms with Gasteiger partial charge in [-0.3, -0.25) is 14.7 Å². The van der Waals surface area contributed by atoms with Crippen LogP contribution in [0.4, 0.5) is 17.5 Å². The Hall–Kier alpha value is -3.84. The lowest BCUT2D eigenvalue weighted by atomic mass is 9.97. The van der Waals surface area contributed by atoms with Crippen LogP contribution in [0.3, 0.4) is 0 Å². The molecule has 2 fully saturated rings. The molecule has 2 aliphatic rings. The van der Waals surface area contributed by atoms with E-state index in [0.717, 1.165) is 36.1 Å². The topological polar surface area (TPSA) is 132 Å². The maximum Gasteiger partial charge on any atom is 0.271 e.